The van der Waals surface area contributed by atoms with Crippen LogP contribution in [-0.4, -0.2) is 18.5 Å². The van der Waals surface area contributed by atoms with Gasteiger partial charge in [0, 0.05) is 28.3 Å². The Morgan fingerprint density at radius 1 is 1.16 bits per heavy atom. The van der Waals surface area contributed by atoms with E-state index >= 15 is 0 Å². The van der Waals surface area contributed by atoms with Crippen molar-refractivity contribution in [2.75, 3.05) is 6.54 Å². The number of halogens is 1. The van der Waals surface area contributed by atoms with E-state index in [0.717, 1.165) is 19.4 Å². The summed E-state index contributed by atoms with van der Waals surface area (Å²) in [5, 5.41) is 6.53. The maximum absolute atomic E-state index is 12.4. The second kappa shape index (κ2) is 9.85. The first-order chi connectivity index (χ1) is 11.7. The van der Waals surface area contributed by atoms with E-state index in [1.54, 1.807) is 11.8 Å². The lowest BCUT2D eigenvalue weighted by Crippen LogP contribution is -2.42. The summed E-state index contributed by atoms with van der Waals surface area (Å²) in [6.45, 7) is 3.66. The Bertz CT molecular complexity index is 680. The lowest BCUT2D eigenvalue weighted by Gasteiger charge is -2.27. The Balaban J connectivity index is 0.00000225. The van der Waals surface area contributed by atoms with Gasteiger partial charge in [-0.2, -0.15) is 0 Å². The van der Waals surface area contributed by atoms with Crippen molar-refractivity contribution in [2.24, 2.45) is 5.92 Å². The van der Waals surface area contributed by atoms with E-state index in [0.29, 0.717) is 12.6 Å². The van der Waals surface area contributed by atoms with Crippen molar-refractivity contribution < 1.29 is 4.79 Å². The highest BCUT2D eigenvalue weighted by Crippen LogP contribution is 2.30. The molecule has 1 amide bonds. The van der Waals surface area contributed by atoms with Gasteiger partial charge < -0.3 is 10.6 Å². The van der Waals surface area contributed by atoms with Crippen molar-refractivity contribution >= 4 is 30.1 Å². The van der Waals surface area contributed by atoms with Crippen molar-refractivity contribution in [3.8, 4) is 0 Å². The molecule has 0 saturated carbocycles. The van der Waals surface area contributed by atoms with Crippen LogP contribution in [0.15, 0.2) is 64.4 Å². The Labute approximate surface area is 160 Å². The first-order valence-electron chi connectivity index (χ1n) is 8.54. The predicted molar refractivity (Wildman–Crippen MR) is 106 cm³/mol. The first kappa shape index (κ1) is 19.8. The van der Waals surface area contributed by atoms with Crippen LogP contribution in [0.25, 0.3) is 0 Å². The van der Waals surface area contributed by atoms with E-state index < -0.39 is 0 Å². The molecule has 25 heavy (non-hydrogen) atoms. The van der Waals surface area contributed by atoms with Gasteiger partial charge in [-0.15, -0.1) is 12.4 Å². The summed E-state index contributed by atoms with van der Waals surface area (Å²) in [7, 11) is 0. The van der Waals surface area contributed by atoms with Gasteiger partial charge in [0.2, 0.25) is 5.91 Å². The summed E-state index contributed by atoms with van der Waals surface area (Å²) in [5.41, 5.74) is 1.17. The predicted octanol–water partition coefficient (Wildman–Crippen LogP) is 4.26. The average Bonchev–Trinajstić information content (AvgIpc) is 2.61. The summed E-state index contributed by atoms with van der Waals surface area (Å²) < 4.78 is 0. The Kier molecular flexibility index (Phi) is 7.82. The number of amides is 1. The van der Waals surface area contributed by atoms with Crippen LogP contribution >= 0.6 is 24.2 Å². The minimum Gasteiger partial charge on any atom is -0.352 e. The van der Waals surface area contributed by atoms with Gasteiger partial charge in [0.25, 0.3) is 0 Å². The van der Waals surface area contributed by atoms with Crippen LogP contribution in [0.2, 0.25) is 0 Å². The molecule has 0 bridgehead atoms. The molecule has 134 valence electrons. The van der Waals surface area contributed by atoms with E-state index in [9.17, 15) is 4.79 Å². The van der Waals surface area contributed by atoms with Gasteiger partial charge in [-0.25, -0.2) is 0 Å². The van der Waals surface area contributed by atoms with Gasteiger partial charge in [0.05, 0.1) is 0 Å². The van der Waals surface area contributed by atoms with Gasteiger partial charge in [0.15, 0.2) is 0 Å². The molecule has 0 aliphatic carbocycles. The van der Waals surface area contributed by atoms with Crippen LogP contribution in [0.5, 0.6) is 0 Å². The summed E-state index contributed by atoms with van der Waals surface area (Å²) in [6.07, 6.45) is 1.85. The molecule has 2 aromatic rings. The third-order valence-corrected chi connectivity index (χ3v) is 5.52. The molecule has 1 aliphatic rings. The molecule has 3 nitrogen and oxygen atoms in total. The topological polar surface area (TPSA) is 41.1 Å². The number of benzene rings is 2. The smallest absolute Gasteiger partial charge is 0.223 e. The monoisotopic (exact) mass is 376 g/mol. The Hall–Kier alpha value is -1.49. The van der Waals surface area contributed by atoms with Gasteiger partial charge in [-0.1, -0.05) is 48.2 Å². The van der Waals surface area contributed by atoms with E-state index in [1.165, 1.54) is 15.4 Å². The second-order valence-electron chi connectivity index (χ2n) is 6.32. The van der Waals surface area contributed by atoms with E-state index in [-0.39, 0.29) is 24.2 Å². The minimum absolute atomic E-state index is 0. The minimum atomic E-state index is 0. The van der Waals surface area contributed by atoms with Crippen molar-refractivity contribution in [3.05, 3.63) is 60.2 Å². The fourth-order valence-corrected chi connectivity index (χ4v) is 4.03. The SMILES string of the molecule is C[C@H]1C[C@@H](C(=O)NCc2ccccc2Sc2ccccc2)CCN1.Cl. The largest absolute Gasteiger partial charge is 0.352 e. The van der Waals surface area contributed by atoms with E-state index in [1.807, 2.05) is 30.3 Å². The first-order valence-corrected chi connectivity index (χ1v) is 9.36. The van der Waals surface area contributed by atoms with Crippen LogP contribution in [-0.2, 0) is 11.3 Å². The van der Waals surface area contributed by atoms with Crippen LogP contribution in [0.3, 0.4) is 0 Å². The average molecular weight is 377 g/mol. The standard InChI is InChI=1S/C20H24N2OS.ClH/c1-15-13-16(11-12-21-15)20(23)22-14-17-7-5-6-10-19(17)24-18-8-3-2-4-9-18;/h2-10,15-16,21H,11-14H2,1H3,(H,22,23);1H/t15-,16-;/m0./s1. The van der Waals surface area contributed by atoms with Crippen molar-refractivity contribution in [2.45, 2.75) is 42.1 Å². The summed E-state index contributed by atoms with van der Waals surface area (Å²) in [6, 6.07) is 19.0. The lowest BCUT2D eigenvalue weighted by molar-refractivity contribution is -0.126. The number of carbonyl (C=O) groups excluding carboxylic acids is 1. The Morgan fingerprint density at radius 2 is 1.88 bits per heavy atom. The van der Waals surface area contributed by atoms with Gasteiger partial charge in [0.1, 0.15) is 0 Å². The molecular formula is C20H25ClN2OS. The molecule has 1 saturated heterocycles. The number of nitrogens with one attached hydrogen (secondary N) is 2. The van der Waals surface area contributed by atoms with Crippen molar-refractivity contribution in [1.82, 2.24) is 10.6 Å². The van der Waals surface area contributed by atoms with Crippen molar-refractivity contribution in [1.29, 1.82) is 0 Å². The molecule has 0 spiro atoms. The maximum atomic E-state index is 12.4. The molecule has 2 aromatic carbocycles. The zero-order chi connectivity index (χ0) is 16.8. The molecular weight excluding hydrogens is 352 g/mol. The molecule has 2 N–H and O–H groups in total. The highest BCUT2D eigenvalue weighted by atomic mass is 35.5. The summed E-state index contributed by atoms with van der Waals surface area (Å²) in [4.78, 5) is 14.8. The summed E-state index contributed by atoms with van der Waals surface area (Å²) in [5.74, 6) is 0.318. The van der Waals surface area contributed by atoms with Crippen LogP contribution in [0, 0.1) is 5.92 Å². The highest BCUT2D eigenvalue weighted by Gasteiger charge is 2.24. The normalized spacial score (nSPS) is 19.7. The fraction of sp³-hybridized carbons (Fsp3) is 0.350. The third kappa shape index (κ3) is 5.77. The number of hydrogen-bond acceptors (Lipinski definition) is 3. The highest BCUT2D eigenvalue weighted by molar-refractivity contribution is 7.99. The molecule has 0 unspecified atom stereocenters. The van der Waals surface area contributed by atoms with E-state index in [4.69, 9.17) is 0 Å². The molecule has 1 heterocycles. The third-order valence-electron chi connectivity index (χ3n) is 4.39. The van der Waals surface area contributed by atoms with Crippen LogP contribution in [0.1, 0.15) is 25.3 Å². The van der Waals surface area contributed by atoms with Crippen LogP contribution < -0.4 is 10.6 Å². The molecule has 1 aliphatic heterocycles. The molecule has 3 rings (SSSR count). The molecule has 1 fully saturated rings. The quantitative estimate of drug-likeness (QED) is 0.819. The number of carbonyl (C=O) groups is 1. The van der Waals surface area contributed by atoms with Gasteiger partial charge in [-0.05, 0) is 50.1 Å². The van der Waals surface area contributed by atoms with Gasteiger partial charge in [-0.3, -0.25) is 4.79 Å². The number of rotatable bonds is 5. The zero-order valence-electron chi connectivity index (χ0n) is 14.4. The second-order valence-corrected chi connectivity index (χ2v) is 7.43. The zero-order valence-corrected chi connectivity index (χ0v) is 16.0. The molecule has 2 atom stereocenters. The summed E-state index contributed by atoms with van der Waals surface area (Å²) >= 11 is 1.74. The maximum Gasteiger partial charge on any atom is 0.223 e. The van der Waals surface area contributed by atoms with E-state index in [2.05, 4.69) is 41.8 Å². The number of piperidine rings is 1. The molecule has 0 aromatic heterocycles. The number of hydrogen-bond donors (Lipinski definition) is 2. The van der Waals surface area contributed by atoms with Crippen LogP contribution in [0.4, 0.5) is 0 Å². The van der Waals surface area contributed by atoms with Crippen molar-refractivity contribution in [3.63, 3.8) is 0 Å². The molecule has 5 heteroatoms. The molecule has 0 radical (unpaired) electrons. The lowest BCUT2D eigenvalue weighted by atomic mass is 9.92. The fourth-order valence-electron chi connectivity index (χ4n) is 3.06. The Morgan fingerprint density at radius 3 is 2.64 bits per heavy atom. The van der Waals surface area contributed by atoms with Gasteiger partial charge >= 0.3 is 0 Å².